The Morgan fingerprint density at radius 1 is 1.38 bits per heavy atom. The van der Waals surface area contributed by atoms with Gasteiger partial charge in [-0.2, -0.15) is 4.98 Å². The molecule has 3 heterocycles. The lowest BCUT2D eigenvalue weighted by Gasteiger charge is -2.25. The van der Waals surface area contributed by atoms with Crippen molar-refractivity contribution in [1.82, 2.24) is 30.5 Å². The summed E-state index contributed by atoms with van der Waals surface area (Å²) >= 11 is 1.51. The molecule has 1 aliphatic rings. The van der Waals surface area contributed by atoms with Crippen molar-refractivity contribution in [2.45, 2.75) is 44.3 Å². The first-order valence-corrected chi connectivity index (χ1v) is 9.39. The average Bonchev–Trinajstić information content (AvgIpc) is 3.41. The van der Waals surface area contributed by atoms with Crippen molar-refractivity contribution >= 4 is 17.2 Å². The minimum Gasteiger partial charge on any atom is -0.343 e. The van der Waals surface area contributed by atoms with Gasteiger partial charge in [-0.3, -0.25) is 4.79 Å². The highest BCUT2D eigenvalue weighted by molar-refractivity contribution is 7.13. The van der Waals surface area contributed by atoms with E-state index in [2.05, 4.69) is 25.8 Å². The first kappa shape index (κ1) is 16.9. The number of hydrogen-bond acceptors (Lipinski definition) is 8. The van der Waals surface area contributed by atoms with Gasteiger partial charge in [0.05, 0.1) is 23.7 Å². The summed E-state index contributed by atoms with van der Waals surface area (Å²) in [6, 6.07) is 4.34. The second-order valence-corrected chi connectivity index (χ2v) is 7.28. The summed E-state index contributed by atoms with van der Waals surface area (Å²) in [4.78, 5) is 17.4. The summed E-state index contributed by atoms with van der Waals surface area (Å²) in [6.45, 7) is 0.166. The van der Waals surface area contributed by atoms with E-state index in [-0.39, 0.29) is 30.2 Å². The van der Waals surface area contributed by atoms with Gasteiger partial charge in [0, 0.05) is 6.04 Å². The van der Waals surface area contributed by atoms with Crippen LogP contribution in [0.3, 0.4) is 0 Å². The molecule has 0 unspecified atom stereocenters. The number of rotatable bonds is 5. The topological polar surface area (TPSA) is 125 Å². The van der Waals surface area contributed by atoms with Crippen LogP contribution in [0, 0.1) is 0 Å². The fourth-order valence-corrected chi connectivity index (χ4v) is 3.65. The summed E-state index contributed by atoms with van der Waals surface area (Å²) in [5.74, 6) is 0.548. The Bertz CT molecular complexity index is 865. The van der Waals surface area contributed by atoms with E-state index in [4.69, 9.17) is 10.3 Å². The van der Waals surface area contributed by atoms with Crippen LogP contribution in [-0.4, -0.2) is 37.1 Å². The van der Waals surface area contributed by atoms with E-state index < -0.39 is 0 Å². The molecule has 1 saturated carbocycles. The predicted octanol–water partition coefficient (Wildman–Crippen LogP) is 1.76. The molecule has 4 rings (SSSR count). The Hall–Kier alpha value is -2.59. The summed E-state index contributed by atoms with van der Waals surface area (Å²) in [5.41, 5.74) is 6.21. The van der Waals surface area contributed by atoms with E-state index in [1.165, 1.54) is 11.3 Å². The normalized spacial score (nSPS) is 20.2. The Labute approximate surface area is 153 Å². The average molecular weight is 373 g/mol. The maximum Gasteiger partial charge on any atom is 0.273 e. The van der Waals surface area contributed by atoms with Gasteiger partial charge in [0.2, 0.25) is 0 Å². The molecule has 1 amide bonds. The van der Waals surface area contributed by atoms with Gasteiger partial charge < -0.3 is 15.6 Å². The number of thiophene rings is 1. The molecule has 136 valence electrons. The molecule has 0 spiro atoms. The Kier molecular flexibility index (Phi) is 4.76. The van der Waals surface area contributed by atoms with Crippen LogP contribution in [0.2, 0.25) is 0 Å². The minimum absolute atomic E-state index is 0.166. The largest absolute Gasteiger partial charge is 0.343 e. The number of aromatic nitrogens is 5. The van der Waals surface area contributed by atoms with Gasteiger partial charge in [0.15, 0.2) is 11.5 Å². The molecule has 26 heavy (non-hydrogen) atoms. The van der Waals surface area contributed by atoms with Crippen LogP contribution in [0.1, 0.15) is 48.0 Å². The summed E-state index contributed by atoms with van der Waals surface area (Å²) in [7, 11) is 0. The summed E-state index contributed by atoms with van der Waals surface area (Å²) in [6.07, 6.45) is 5.54. The molecule has 0 aromatic carbocycles. The van der Waals surface area contributed by atoms with Crippen LogP contribution in [0.15, 0.2) is 28.2 Å². The van der Waals surface area contributed by atoms with E-state index in [1.54, 1.807) is 10.9 Å². The summed E-state index contributed by atoms with van der Waals surface area (Å²) in [5, 5.41) is 16.6. The van der Waals surface area contributed by atoms with Crippen molar-refractivity contribution in [3.8, 4) is 10.8 Å². The number of amides is 1. The maximum atomic E-state index is 12.3. The smallest absolute Gasteiger partial charge is 0.273 e. The molecular weight excluding hydrogens is 354 g/mol. The van der Waals surface area contributed by atoms with Crippen LogP contribution in [0.25, 0.3) is 10.8 Å². The number of nitrogens with two attached hydrogens (primary N) is 1. The molecule has 1 aliphatic carbocycles. The van der Waals surface area contributed by atoms with Crippen LogP contribution >= 0.6 is 11.3 Å². The second kappa shape index (κ2) is 7.34. The van der Waals surface area contributed by atoms with Gasteiger partial charge >= 0.3 is 0 Å². The zero-order valence-electron chi connectivity index (χ0n) is 14.0. The molecule has 3 aromatic rings. The fourth-order valence-electron chi connectivity index (χ4n) is 3.00. The van der Waals surface area contributed by atoms with Gasteiger partial charge in [-0.1, -0.05) is 16.4 Å². The molecule has 0 aliphatic heterocycles. The molecule has 0 atom stereocenters. The second-order valence-electron chi connectivity index (χ2n) is 6.33. The predicted molar refractivity (Wildman–Crippen MR) is 94.3 cm³/mol. The molecule has 3 aromatic heterocycles. The van der Waals surface area contributed by atoms with E-state index >= 15 is 0 Å². The van der Waals surface area contributed by atoms with E-state index in [0.717, 1.165) is 30.6 Å². The van der Waals surface area contributed by atoms with Crippen molar-refractivity contribution in [3.05, 3.63) is 35.2 Å². The highest BCUT2D eigenvalue weighted by atomic mass is 32.1. The number of hydrogen-bond donors (Lipinski definition) is 2. The highest BCUT2D eigenvalue weighted by Crippen LogP contribution is 2.26. The third kappa shape index (κ3) is 3.65. The Morgan fingerprint density at radius 3 is 3.00 bits per heavy atom. The van der Waals surface area contributed by atoms with Crippen molar-refractivity contribution < 1.29 is 9.32 Å². The number of nitrogens with zero attached hydrogens (tertiary/aromatic N) is 5. The van der Waals surface area contributed by atoms with Crippen LogP contribution in [-0.2, 0) is 6.54 Å². The highest BCUT2D eigenvalue weighted by Gasteiger charge is 2.22. The van der Waals surface area contributed by atoms with Gasteiger partial charge in [-0.05, 0) is 37.1 Å². The van der Waals surface area contributed by atoms with Crippen LogP contribution in [0.4, 0.5) is 0 Å². The van der Waals surface area contributed by atoms with Crippen molar-refractivity contribution in [1.29, 1.82) is 0 Å². The Balaban J connectivity index is 1.34. The molecule has 0 saturated heterocycles. The van der Waals surface area contributed by atoms with E-state index in [0.29, 0.717) is 11.7 Å². The third-order valence-corrected chi connectivity index (χ3v) is 5.32. The molecule has 1 fully saturated rings. The number of carbonyl (C=O) groups excluding carboxylic acids is 1. The minimum atomic E-state index is -0.314. The maximum absolute atomic E-state index is 12.3. The van der Waals surface area contributed by atoms with Crippen LogP contribution < -0.4 is 11.1 Å². The first-order chi connectivity index (χ1) is 12.7. The lowest BCUT2D eigenvalue weighted by Crippen LogP contribution is -2.28. The van der Waals surface area contributed by atoms with Crippen molar-refractivity contribution in [3.63, 3.8) is 0 Å². The van der Waals surface area contributed by atoms with Gasteiger partial charge in [-0.15, -0.1) is 16.4 Å². The molecular formula is C16H19N7O2S. The lowest BCUT2D eigenvalue weighted by atomic mass is 9.92. The van der Waals surface area contributed by atoms with Gasteiger partial charge in [0.25, 0.3) is 11.8 Å². The van der Waals surface area contributed by atoms with E-state index in [1.807, 2.05) is 17.5 Å². The fraction of sp³-hybridized carbons (Fsp3) is 0.438. The molecule has 3 N–H and O–H groups in total. The zero-order valence-corrected chi connectivity index (χ0v) is 14.9. The monoisotopic (exact) mass is 373 g/mol. The third-order valence-electron chi connectivity index (χ3n) is 4.47. The number of nitrogens with one attached hydrogen (secondary N) is 1. The molecule has 0 radical (unpaired) electrons. The molecule has 10 heteroatoms. The summed E-state index contributed by atoms with van der Waals surface area (Å²) < 4.78 is 6.96. The van der Waals surface area contributed by atoms with E-state index in [9.17, 15) is 4.79 Å². The molecule has 9 nitrogen and oxygen atoms in total. The zero-order chi connectivity index (χ0) is 17.9. The van der Waals surface area contributed by atoms with Crippen LogP contribution in [0.5, 0.6) is 0 Å². The first-order valence-electron chi connectivity index (χ1n) is 8.51. The standard InChI is InChI=1S/C16H19N7O2S/c17-10-3-5-11(6-4-10)23-9-12(20-22-23)15(24)18-8-14-19-16(25-21-14)13-2-1-7-26-13/h1-2,7,9-11H,3-6,8,17H2,(H,18,24). The van der Waals surface area contributed by atoms with Crippen molar-refractivity contribution in [2.24, 2.45) is 5.73 Å². The molecule has 0 bridgehead atoms. The Morgan fingerprint density at radius 2 is 2.23 bits per heavy atom. The van der Waals surface area contributed by atoms with Gasteiger partial charge in [-0.25, -0.2) is 4.68 Å². The quantitative estimate of drug-likeness (QED) is 0.698. The van der Waals surface area contributed by atoms with Crippen molar-refractivity contribution in [2.75, 3.05) is 0 Å². The SMILES string of the molecule is NC1CCC(n2cc(C(=O)NCc3noc(-c4cccs4)n3)nn2)CC1. The lowest BCUT2D eigenvalue weighted by molar-refractivity contribution is 0.0944. The van der Waals surface area contributed by atoms with Gasteiger partial charge in [0.1, 0.15) is 0 Å². The number of carbonyl (C=O) groups is 1.